The molecule has 0 N–H and O–H groups in total. The number of carbonyl (C=O) groups excluding carboxylic acids is 1. The fraction of sp³-hybridized carbons (Fsp3) is 0.640. The number of hydrogen-bond donors (Lipinski definition) is 0. The van der Waals surface area contributed by atoms with Crippen molar-refractivity contribution in [1.29, 1.82) is 0 Å². The highest BCUT2D eigenvalue weighted by Crippen LogP contribution is 2.46. The van der Waals surface area contributed by atoms with Gasteiger partial charge >= 0.3 is 0 Å². The average Bonchev–Trinajstić information content (AvgIpc) is 3.22. The molecule has 3 heteroatoms. The molecule has 28 heavy (non-hydrogen) atoms. The van der Waals surface area contributed by atoms with Gasteiger partial charge in [0.2, 0.25) is 0 Å². The summed E-state index contributed by atoms with van der Waals surface area (Å²) in [6.07, 6.45) is 9.25. The second kappa shape index (κ2) is 7.67. The number of carbonyl (C=O) groups is 1. The molecular weight excluding hydrogens is 344 g/mol. The largest absolute Gasteiger partial charge is 0.339 e. The number of rotatable bonds is 3. The first kappa shape index (κ1) is 19.7. The number of fused-ring (bicyclic) bond motifs is 2. The smallest absolute Gasteiger partial charge is 0.254 e. The maximum absolute atomic E-state index is 13.1. The Morgan fingerprint density at radius 1 is 1.04 bits per heavy atom. The highest BCUT2D eigenvalue weighted by Gasteiger charge is 2.41. The van der Waals surface area contributed by atoms with E-state index in [2.05, 4.69) is 60.9 Å². The summed E-state index contributed by atoms with van der Waals surface area (Å²) in [4.78, 5) is 17.8. The lowest BCUT2D eigenvalue weighted by Crippen LogP contribution is -2.45. The molecule has 2 aliphatic heterocycles. The molecule has 2 saturated heterocycles. The standard InChI is InChI=1S/C25H36N2O/c1-24(2,3)12-17-26-18-13-25(14-19-26)11-10-21(20-8-4-5-9-22(20)25)23(28)27-15-6-7-16-27/h4-5,8-10H,6-7,11-19H2,1-3H3. The van der Waals surface area contributed by atoms with Gasteiger partial charge in [-0.25, -0.2) is 0 Å². The Hall–Kier alpha value is -1.61. The molecule has 0 unspecified atom stereocenters. The van der Waals surface area contributed by atoms with Gasteiger partial charge in [0.05, 0.1) is 0 Å². The van der Waals surface area contributed by atoms with Gasteiger partial charge in [0.15, 0.2) is 0 Å². The Kier molecular flexibility index (Phi) is 5.39. The van der Waals surface area contributed by atoms with Crippen LogP contribution in [0.2, 0.25) is 0 Å². The number of likely N-dealkylation sites (tertiary alicyclic amines) is 2. The minimum absolute atomic E-state index is 0.226. The lowest BCUT2D eigenvalue weighted by molar-refractivity contribution is -0.124. The maximum Gasteiger partial charge on any atom is 0.254 e. The van der Waals surface area contributed by atoms with E-state index in [4.69, 9.17) is 0 Å². The zero-order valence-electron chi connectivity index (χ0n) is 18.0. The first-order valence-electron chi connectivity index (χ1n) is 11.2. The molecule has 3 aliphatic rings. The minimum atomic E-state index is 0.226. The molecule has 0 saturated carbocycles. The number of benzene rings is 1. The third-order valence-electron chi connectivity index (χ3n) is 7.10. The summed E-state index contributed by atoms with van der Waals surface area (Å²) in [7, 11) is 0. The zero-order valence-corrected chi connectivity index (χ0v) is 18.0. The van der Waals surface area contributed by atoms with Crippen LogP contribution in [0.15, 0.2) is 30.3 Å². The summed E-state index contributed by atoms with van der Waals surface area (Å²) in [5, 5.41) is 0. The van der Waals surface area contributed by atoms with Gasteiger partial charge in [-0.2, -0.15) is 0 Å². The van der Waals surface area contributed by atoms with E-state index < -0.39 is 0 Å². The molecule has 3 nitrogen and oxygen atoms in total. The van der Waals surface area contributed by atoms with Crippen molar-refractivity contribution in [3.8, 4) is 0 Å². The van der Waals surface area contributed by atoms with Crippen LogP contribution in [0, 0.1) is 5.41 Å². The van der Waals surface area contributed by atoms with E-state index in [1.165, 1.54) is 50.0 Å². The van der Waals surface area contributed by atoms with Gasteiger partial charge in [-0.05, 0) is 74.7 Å². The van der Waals surface area contributed by atoms with E-state index in [9.17, 15) is 4.79 Å². The van der Waals surface area contributed by atoms with Crippen molar-refractivity contribution < 1.29 is 4.79 Å². The van der Waals surface area contributed by atoms with Gasteiger partial charge in [0.1, 0.15) is 0 Å². The van der Waals surface area contributed by atoms with Crippen molar-refractivity contribution in [2.24, 2.45) is 5.41 Å². The third kappa shape index (κ3) is 3.91. The Morgan fingerprint density at radius 3 is 2.39 bits per heavy atom. The monoisotopic (exact) mass is 380 g/mol. The number of amides is 1. The Morgan fingerprint density at radius 2 is 1.71 bits per heavy atom. The van der Waals surface area contributed by atoms with Gasteiger partial charge in [-0.1, -0.05) is 51.1 Å². The lowest BCUT2D eigenvalue weighted by Gasteiger charge is -2.45. The molecule has 0 aromatic heterocycles. The molecule has 152 valence electrons. The highest BCUT2D eigenvalue weighted by molar-refractivity contribution is 6.20. The van der Waals surface area contributed by atoms with Crippen LogP contribution in [0.1, 0.15) is 70.4 Å². The fourth-order valence-electron chi connectivity index (χ4n) is 5.16. The molecule has 2 heterocycles. The number of hydrogen-bond acceptors (Lipinski definition) is 2. The molecule has 0 bridgehead atoms. The highest BCUT2D eigenvalue weighted by atomic mass is 16.2. The van der Waals surface area contributed by atoms with Crippen molar-refractivity contribution >= 4 is 11.5 Å². The summed E-state index contributed by atoms with van der Waals surface area (Å²) in [5.74, 6) is 0.252. The predicted octanol–water partition coefficient (Wildman–Crippen LogP) is 4.87. The third-order valence-corrected chi connectivity index (χ3v) is 7.10. The second-order valence-corrected chi connectivity index (χ2v) is 10.3. The molecule has 1 aromatic carbocycles. The van der Waals surface area contributed by atoms with Crippen LogP contribution < -0.4 is 0 Å². The minimum Gasteiger partial charge on any atom is -0.339 e. The van der Waals surface area contributed by atoms with Gasteiger partial charge < -0.3 is 9.80 Å². The molecule has 1 aromatic rings. The van der Waals surface area contributed by atoms with Crippen molar-refractivity contribution in [1.82, 2.24) is 9.80 Å². The van der Waals surface area contributed by atoms with E-state index in [0.717, 1.165) is 37.9 Å². The predicted molar refractivity (Wildman–Crippen MR) is 116 cm³/mol. The van der Waals surface area contributed by atoms with Crippen LogP contribution in [0.4, 0.5) is 0 Å². The summed E-state index contributed by atoms with van der Waals surface area (Å²) in [5.41, 5.74) is 4.21. The van der Waals surface area contributed by atoms with Crippen LogP contribution in [-0.4, -0.2) is 48.4 Å². The van der Waals surface area contributed by atoms with Gasteiger partial charge in [-0.15, -0.1) is 0 Å². The van der Waals surface area contributed by atoms with Gasteiger partial charge in [0.25, 0.3) is 5.91 Å². The molecule has 4 rings (SSSR count). The second-order valence-electron chi connectivity index (χ2n) is 10.3. The van der Waals surface area contributed by atoms with Crippen molar-refractivity contribution in [2.45, 2.75) is 64.7 Å². The van der Waals surface area contributed by atoms with Crippen LogP contribution in [0.5, 0.6) is 0 Å². The molecule has 0 radical (unpaired) electrons. The Bertz CT molecular complexity index is 744. The molecular formula is C25H36N2O. The van der Waals surface area contributed by atoms with E-state index in [1.807, 2.05) is 0 Å². The molecule has 0 atom stereocenters. The van der Waals surface area contributed by atoms with E-state index in [0.29, 0.717) is 5.41 Å². The summed E-state index contributed by atoms with van der Waals surface area (Å²) in [6, 6.07) is 8.74. The number of allylic oxidation sites excluding steroid dienone is 1. The molecule has 1 spiro atoms. The lowest BCUT2D eigenvalue weighted by atomic mass is 9.65. The molecule has 1 aliphatic carbocycles. The van der Waals surface area contributed by atoms with Crippen LogP contribution in [0.25, 0.3) is 5.57 Å². The average molecular weight is 381 g/mol. The van der Waals surface area contributed by atoms with Crippen LogP contribution >= 0.6 is 0 Å². The fourth-order valence-corrected chi connectivity index (χ4v) is 5.16. The normalized spacial score (nSPS) is 22.2. The summed E-state index contributed by atoms with van der Waals surface area (Å²) in [6.45, 7) is 12.4. The van der Waals surface area contributed by atoms with E-state index >= 15 is 0 Å². The quantitative estimate of drug-likeness (QED) is 0.747. The topological polar surface area (TPSA) is 23.6 Å². The molecule has 2 fully saturated rings. The van der Waals surface area contributed by atoms with Gasteiger partial charge in [-0.3, -0.25) is 4.79 Å². The first-order chi connectivity index (χ1) is 13.4. The van der Waals surface area contributed by atoms with Crippen molar-refractivity contribution in [2.75, 3.05) is 32.7 Å². The first-order valence-corrected chi connectivity index (χ1v) is 11.2. The maximum atomic E-state index is 13.1. The summed E-state index contributed by atoms with van der Waals surface area (Å²) >= 11 is 0. The number of piperidine rings is 1. The van der Waals surface area contributed by atoms with Crippen molar-refractivity contribution in [3.63, 3.8) is 0 Å². The Balaban J connectivity index is 1.51. The zero-order chi connectivity index (χ0) is 19.8. The number of nitrogens with zero attached hydrogens (tertiary/aromatic N) is 2. The van der Waals surface area contributed by atoms with Crippen LogP contribution in [-0.2, 0) is 10.2 Å². The van der Waals surface area contributed by atoms with E-state index in [-0.39, 0.29) is 11.3 Å². The SMILES string of the molecule is CC(C)(C)CCN1CCC2(CC=C(C(=O)N3CCCC3)c3ccccc32)CC1. The molecule has 1 amide bonds. The van der Waals surface area contributed by atoms with Gasteiger partial charge in [0, 0.05) is 24.1 Å². The Labute approximate surface area is 170 Å². The summed E-state index contributed by atoms with van der Waals surface area (Å²) < 4.78 is 0. The van der Waals surface area contributed by atoms with E-state index in [1.54, 1.807) is 0 Å². The van der Waals surface area contributed by atoms with Crippen molar-refractivity contribution in [3.05, 3.63) is 41.5 Å². The van der Waals surface area contributed by atoms with Crippen LogP contribution in [0.3, 0.4) is 0 Å².